The summed E-state index contributed by atoms with van der Waals surface area (Å²) >= 11 is 0. The molecular formula is C10H19N3. The Morgan fingerprint density at radius 1 is 1.46 bits per heavy atom. The zero-order valence-electron chi connectivity index (χ0n) is 8.91. The summed E-state index contributed by atoms with van der Waals surface area (Å²) in [5, 5.41) is 7.50. The van der Waals surface area contributed by atoms with Crippen molar-refractivity contribution in [1.82, 2.24) is 15.1 Å². The quantitative estimate of drug-likeness (QED) is 0.768. The molecule has 0 aliphatic heterocycles. The van der Waals surface area contributed by atoms with Crippen LogP contribution < -0.4 is 5.32 Å². The first kappa shape index (κ1) is 10.3. The van der Waals surface area contributed by atoms with E-state index >= 15 is 0 Å². The van der Waals surface area contributed by atoms with E-state index in [1.54, 1.807) is 0 Å². The van der Waals surface area contributed by atoms with Gasteiger partial charge in [-0.1, -0.05) is 13.8 Å². The van der Waals surface area contributed by atoms with Crippen LogP contribution in [0, 0.1) is 5.92 Å². The molecule has 0 saturated carbocycles. The molecule has 0 amide bonds. The summed E-state index contributed by atoms with van der Waals surface area (Å²) in [5.41, 5.74) is 1.25. The molecule has 1 atom stereocenters. The number of nitrogens with one attached hydrogen (secondary N) is 1. The maximum Gasteiger partial charge on any atom is 0.0537 e. The van der Waals surface area contributed by atoms with Crippen molar-refractivity contribution >= 4 is 0 Å². The van der Waals surface area contributed by atoms with Crippen molar-refractivity contribution in [2.75, 3.05) is 7.05 Å². The number of hydrogen-bond acceptors (Lipinski definition) is 2. The predicted octanol–water partition coefficient (Wildman–Crippen LogP) is 1.82. The fourth-order valence-corrected chi connectivity index (χ4v) is 1.24. The topological polar surface area (TPSA) is 29.9 Å². The van der Waals surface area contributed by atoms with Gasteiger partial charge in [0, 0.05) is 24.3 Å². The minimum Gasteiger partial charge on any atom is -0.313 e. The Bertz CT molecular complexity index is 252. The van der Waals surface area contributed by atoms with E-state index in [-0.39, 0.29) is 0 Å². The summed E-state index contributed by atoms with van der Waals surface area (Å²) < 4.78 is 2.01. The zero-order chi connectivity index (χ0) is 9.84. The van der Waals surface area contributed by atoms with Gasteiger partial charge in [0.05, 0.1) is 6.20 Å². The summed E-state index contributed by atoms with van der Waals surface area (Å²) in [4.78, 5) is 0. The second-order valence-corrected chi connectivity index (χ2v) is 3.90. The SMILES string of the molecule is CNC(C)c1cnn(CC(C)C)c1. The lowest BCUT2D eigenvalue weighted by Crippen LogP contribution is -2.11. The second kappa shape index (κ2) is 4.42. The lowest BCUT2D eigenvalue weighted by Gasteiger charge is -2.06. The highest BCUT2D eigenvalue weighted by Crippen LogP contribution is 2.10. The molecule has 0 aliphatic carbocycles. The lowest BCUT2D eigenvalue weighted by molar-refractivity contribution is 0.482. The van der Waals surface area contributed by atoms with Gasteiger partial charge in [-0.15, -0.1) is 0 Å². The van der Waals surface area contributed by atoms with E-state index < -0.39 is 0 Å². The highest BCUT2D eigenvalue weighted by atomic mass is 15.3. The van der Waals surface area contributed by atoms with E-state index in [1.807, 2.05) is 17.9 Å². The Kier molecular flexibility index (Phi) is 3.48. The van der Waals surface area contributed by atoms with Gasteiger partial charge in [0.25, 0.3) is 0 Å². The molecule has 3 nitrogen and oxygen atoms in total. The maximum atomic E-state index is 4.30. The Morgan fingerprint density at radius 3 is 2.69 bits per heavy atom. The van der Waals surface area contributed by atoms with Crippen LogP contribution in [0.5, 0.6) is 0 Å². The van der Waals surface area contributed by atoms with Crippen molar-refractivity contribution < 1.29 is 0 Å². The third kappa shape index (κ3) is 2.84. The van der Waals surface area contributed by atoms with Gasteiger partial charge in [-0.2, -0.15) is 5.10 Å². The fourth-order valence-electron chi connectivity index (χ4n) is 1.24. The van der Waals surface area contributed by atoms with E-state index in [0.29, 0.717) is 12.0 Å². The standard InChI is InChI=1S/C10H19N3/c1-8(2)6-13-7-10(5-12-13)9(3)11-4/h5,7-9,11H,6H2,1-4H3. The molecule has 0 spiro atoms. The Labute approximate surface area is 80.1 Å². The summed E-state index contributed by atoms with van der Waals surface area (Å²) in [6.07, 6.45) is 4.05. The van der Waals surface area contributed by atoms with Crippen LogP contribution in [0.25, 0.3) is 0 Å². The molecule has 0 fully saturated rings. The molecule has 13 heavy (non-hydrogen) atoms. The molecule has 1 aromatic rings. The van der Waals surface area contributed by atoms with Gasteiger partial charge in [0.2, 0.25) is 0 Å². The first-order valence-electron chi connectivity index (χ1n) is 4.83. The van der Waals surface area contributed by atoms with Gasteiger partial charge in [-0.3, -0.25) is 4.68 Å². The lowest BCUT2D eigenvalue weighted by atomic mass is 10.2. The van der Waals surface area contributed by atoms with E-state index in [2.05, 4.69) is 37.4 Å². The van der Waals surface area contributed by atoms with Crippen LogP contribution in [0.1, 0.15) is 32.4 Å². The molecule has 0 aliphatic rings. The Hall–Kier alpha value is -0.830. The first-order valence-corrected chi connectivity index (χ1v) is 4.83. The molecule has 0 radical (unpaired) electrons. The summed E-state index contributed by atoms with van der Waals surface area (Å²) in [6, 6.07) is 0.390. The number of rotatable bonds is 4. The molecule has 0 bridgehead atoms. The van der Waals surface area contributed by atoms with Crippen LogP contribution in [0.4, 0.5) is 0 Å². The minimum absolute atomic E-state index is 0.390. The molecule has 0 saturated heterocycles. The first-order chi connectivity index (χ1) is 6.13. The van der Waals surface area contributed by atoms with Crippen molar-refractivity contribution in [3.8, 4) is 0 Å². The second-order valence-electron chi connectivity index (χ2n) is 3.90. The van der Waals surface area contributed by atoms with Crippen LogP contribution in [-0.2, 0) is 6.54 Å². The predicted molar refractivity (Wildman–Crippen MR) is 54.5 cm³/mol. The maximum absolute atomic E-state index is 4.30. The molecule has 1 heterocycles. The normalized spacial score (nSPS) is 13.6. The van der Waals surface area contributed by atoms with Gasteiger partial charge in [-0.25, -0.2) is 0 Å². The average Bonchev–Trinajstić information content (AvgIpc) is 2.50. The molecular weight excluding hydrogens is 162 g/mol. The largest absolute Gasteiger partial charge is 0.313 e. The van der Waals surface area contributed by atoms with E-state index in [0.717, 1.165) is 6.54 Å². The molecule has 1 unspecified atom stereocenters. The van der Waals surface area contributed by atoms with Gasteiger partial charge < -0.3 is 5.32 Å². The minimum atomic E-state index is 0.390. The van der Waals surface area contributed by atoms with E-state index in [1.165, 1.54) is 5.56 Å². The van der Waals surface area contributed by atoms with Crippen LogP contribution in [0.2, 0.25) is 0 Å². The summed E-state index contributed by atoms with van der Waals surface area (Å²) in [6.45, 7) is 7.53. The Morgan fingerprint density at radius 2 is 2.15 bits per heavy atom. The smallest absolute Gasteiger partial charge is 0.0537 e. The van der Waals surface area contributed by atoms with Crippen molar-refractivity contribution in [3.63, 3.8) is 0 Å². The average molecular weight is 181 g/mol. The van der Waals surface area contributed by atoms with Gasteiger partial charge in [-0.05, 0) is 19.9 Å². The summed E-state index contributed by atoms with van der Waals surface area (Å²) in [5.74, 6) is 0.651. The zero-order valence-corrected chi connectivity index (χ0v) is 8.91. The molecule has 1 rings (SSSR count). The number of nitrogens with zero attached hydrogens (tertiary/aromatic N) is 2. The van der Waals surface area contributed by atoms with Crippen molar-refractivity contribution in [1.29, 1.82) is 0 Å². The van der Waals surface area contributed by atoms with Crippen LogP contribution in [0.3, 0.4) is 0 Å². The molecule has 1 aromatic heterocycles. The monoisotopic (exact) mass is 181 g/mol. The fraction of sp³-hybridized carbons (Fsp3) is 0.700. The van der Waals surface area contributed by atoms with Gasteiger partial charge in [0.15, 0.2) is 0 Å². The van der Waals surface area contributed by atoms with E-state index in [9.17, 15) is 0 Å². The molecule has 3 heteroatoms. The summed E-state index contributed by atoms with van der Waals surface area (Å²) in [7, 11) is 1.96. The van der Waals surface area contributed by atoms with Crippen molar-refractivity contribution in [2.24, 2.45) is 5.92 Å². The molecule has 1 N–H and O–H groups in total. The number of hydrogen-bond donors (Lipinski definition) is 1. The van der Waals surface area contributed by atoms with E-state index in [4.69, 9.17) is 0 Å². The molecule has 74 valence electrons. The van der Waals surface area contributed by atoms with Crippen LogP contribution in [-0.4, -0.2) is 16.8 Å². The van der Waals surface area contributed by atoms with Gasteiger partial charge in [0.1, 0.15) is 0 Å². The highest BCUT2D eigenvalue weighted by molar-refractivity contribution is 5.08. The highest BCUT2D eigenvalue weighted by Gasteiger charge is 2.05. The van der Waals surface area contributed by atoms with Crippen molar-refractivity contribution in [3.05, 3.63) is 18.0 Å². The number of aromatic nitrogens is 2. The van der Waals surface area contributed by atoms with Gasteiger partial charge >= 0.3 is 0 Å². The van der Waals surface area contributed by atoms with Crippen LogP contribution >= 0.6 is 0 Å². The Balaban J connectivity index is 2.63. The third-order valence-corrected chi connectivity index (χ3v) is 2.14. The molecule has 0 aromatic carbocycles. The van der Waals surface area contributed by atoms with Crippen LogP contribution in [0.15, 0.2) is 12.4 Å². The van der Waals surface area contributed by atoms with Crippen molar-refractivity contribution in [2.45, 2.75) is 33.4 Å². The third-order valence-electron chi connectivity index (χ3n) is 2.14.